The highest BCUT2D eigenvalue weighted by atomic mass is 32.1. The monoisotopic (exact) mass is 349 g/mol. The van der Waals surface area contributed by atoms with Crippen molar-refractivity contribution < 1.29 is 19.1 Å². The first-order valence-corrected chi connectivity index (χ1v) is 9.19. The fourth-order valence-electron chi connectivity index (χ4n) is 2.72. The first kappa shape index (κ1) is 18.5. The number of hydrogen-bond donors (Lipinski definition) is 0. The lowest BCUT2D eigenvalue weighted by atomic mass is 9.88. The van der Waals surface area contributed by atoms with E-state index in [1.165, 1.54) is 17.6 Å². The highest BCUT2D eigenvalue weighted by Gasteiger charge is 2.29. The van der Waals surface area contributed by atoms with Crippen LogP contribution < -0.4 is 0 Å². The van der Waals surface area contributed by atoms with Crippen LogP contribution in [0.5, 0.6) is 0 Å². The minimum absolute atomic E-state index is 0.0911. The summed E-state index contributed by atoms with van der Waals surface area (Å²) in [6.07, 6.45) is 3.60. The van der Waals surface area contributed by atoms with Crippen molar-refractivity contribution in [2.45, 2.75) is 46.5 Å². The SMILES string of the molecule is CCOC(=O)c1c(CC(C)C)csc1N=CC1C(=O)CCCC1=O. The number of aliphatic imine (C=N–C) groups is 1. The molecular formula is C18H23NO4S. The summed E-state index contributed by atoms with van der Waals surface area (Å²) in [5.41, 5.74) is 1.37. The number of carbonyl (C=O) groups excluding carboxylic acids is 3. The zero-order chi connectivity index (χ0) is 17.7. The molecule has 2 rings (SSSR count). The van der Waals surface area contributed by atoms with Crippen molar-refractivity contribution in [3.05, 3.63) is 16.5 Å². The molecule has 1 saturated carbocycles. The van der Waals surface area contributed by atoms with Crippen molar-refractivity contribution in [2.75, 3.05) is 6.61 Å². The maximum Gasteiger partial charge on any atom is 0.341 e. The Bertz CT molecular complexity index is 644. The molecular weight excluding hydrogens is 326 g/mol. The number of Topliss-reactive ketones (excluding diaryl/α,β-unsaturated/α-hetero) is 2. The standard InChI is InChI=1S/C18H23NO4S/c1-4-23-18(22)16-12(8-11(2)3)10-24-17(16)19-9-13-14(20)6-5-7-15(13)21/h9-11,13H,4-8H2,1-3H3. The van der Waals surface area contributed by atoms with E-state index in [4.69, 9.17) is 4.74 Å². The number of esters is 1. The number of ketones is 2. The Hall–Kier alpha value is -1.82. The third-order valence-corrected chi connectivity index (χ3v) is 4.77. The molecule has 0 aromatic carbocycles. The molecule has 0 unspecified atom stereocenters. The van der Waals surface area contributed by atoms with Crippen molar-refractivity contribution >= 4 is 40.1 Å². The van der Waals surface area contributed by atoms with Crippen molar-refractivity contribution in [3.63, 3.8) is 0 Å². The number of carbonyl (C=O) groups is 3. The normalized spacial score (nSPS) is 16.3. The molecule has 0 atom stereocenters. The van der Waals surface area contributed by atoms with Gasteiger partial charge in [0, 0.05) is 19.1 Å². The van der Waals surface area contributed by atoms with Crippen molar-refractivity contribution in [1.82, 2.24) is 0 Å². The van der Waals surface area contributed by atoms with Crippen LogP contribution >= 0.6 is 11.3 Å². The Morgan fingerprint density at radius 2 is 2.04 bits per heavy atom. The molecule has 0 amide bonds. The van der Waals surface area contributed by atoms with Gasteiger partial charge in [-0.3, -0.25) is 9.59 Å². The Morgan fingerprint density at radius 1 is 1.38 bits per heavy atom. The van der Waals surface area contributed by atoms with Gasteiger partial charge in [0.2, 0.25) is 0 Å². The fraction of sp³-hybridized carbons (Fsp3) is 0.556. The van der Waals surface area contributed by atoms with Crippen LogP contribution in [0.4, 0.5) is 5.00 Å². The highest BCUT2D eigenvalue weighted by molar-refractivity contribution is 7.14. The summed E-state index contributed by atoms with van der Waals surface area (Å²) in [4.78, 5) is 40.4. The Balaban J connectivity index is 2.30. The minimum atomic E-state index is -0.774. The molecule has 1 heterocycles. The van der Waals surface area contributed by atoms with Crippen LogP contribution in [0, 0.1) is 11.8 Å². The fourth-order valence-corrected chi connectivity index (χ4v) is 3.65. The third-order valence-electron chi connectivity index (χ3n) is 3.84. The molecule has 1 aliphatic carbocycles. The molecule has 1 aromatic rings. The molecule has 1 aromatic heterocycles. The number of hydrogen-bond acceptors (Lipinski definition) is 6. The van der Waals surface area contributed by atoms with E-state index in [1.807, 2.05) is 5.38 Å². The predicted octanol–water partition coefficient (Wildman–Crippen LogP) is 3.76. The summed E-state index contributed by atoms with van der Waals surface area (Å²) in [5, 5.41) is 2.42. The zero-order valence-electron chi connectivity index (χ0n) is 14.3. The van der Waals surface area contributed by atoms with E-state index in [2.05, 4.69) is 18.8 Å². The molecule has 0 saturated heterocycles. The van der Waals surface area contributed by atoms with Crippen molar-refractivity contribution in [3.8, 4) is 0 Å². The van der Waals surface area contributed by atoms with Crippen LogP contribution in [0.2, 0.25) is 0 Å². The van der Waals surface area contributed by atoms with E-state index in [0.717, 1.165) is 12.0 Å². The van der Waals surface area contributed by atoms with Crippen LogP contribution in [0.3, 0.4) is 0 Å². The molecule has 0 spiro atoms. The van der Waals surface area contributed by atoms with Crippen LogP contribution in [-0.2, 0) is 20.7 Å². The highest BCUT2D eigenvalue weighted by Crippen LogP contribution is 2.33. The van der Waals surface area contributed by atoms with E-state index < -0.39 is 11.9 Å². The van der Waals surface area contributed by atoms with Gasteiger partial charge < -0.3 is 4.74 Å². The lowest BCUT2D eigenvalue weighted by Crippen LogP contribution is -2.29. The maximum atomic E-state index is 12.3. The molecule has 0 bridgehead atoms. The molecule has 5 nitrogen and oxygen atoms in total. The molecule has 0 radical (unpaired) electrons. The molecule has 0 aliphatic heterocycles. The first-order valence-electron chi connectivity index (χ1n) is 8.31. The number of nitrogens with zero attached hydrogens (tertiary/aromatic N) is 1. The van der Waals surface area contributed by atoms with Gasteiger partial charge in [-0.15, -0.1) is 11.3 Å². The van der Waals surface area contributed by atoms with Crippen LogP contribution in [0.25, 0.3) is 0 Å². The number of ether oxygens (including phenoxy) is 1. The largest absolute Gasteiger partial charge is 0.462 e. The van der Waals surface area contributed by atoms with Crippen LogP contribution in [0.1, 0.15) is 56.0 Å². The second-order valence-corrected chi connectivity index (χ2v) is 7.16. The Morgan fingerprint density at radius 3 is 2.62 bits per heavy atom. The molecule has 24 heavy (non-hydrogen) atoms. The quantitative estimate of drug-likeness (QED) is 0.445. The lowest BCUT2D eigenvalue weighted by Gasteiger charge is -2.14. The summed E-state index contributed by atoms with van der Waals surface area (Å²) in [6.45, 7) is 6.21. The average Bonchev–Trinajstić information content (AvgIpc) is 2.89. The van der Waals surface area contributed by atoms with Crippen molar-refractivity contribution in [2.24, 2.45) is 16.8 Å². The van der Waals surface area contributed by atoms with E-state index in [0.29, 0.717) is 42.4 Å². The van der Waals surface area contributed by atoms with Gasteiger partial charge in [0.15, 0.2) is 0 Å². The summed E-state index contributed by atoms with van der Waals surface area (Å²) < 4.78 is 5.14. The van der Waals surface area contributed by atoms with Crippen molar-refractivity contribution in [1.29, 1.82) is 0 Å². The summed E-state index contributed by atoms with van der Waals surface area (Å²) in [5.74, 6) is -0.961. The number of thiophene rings is 1. The van der Waals surface area contributed by atoms with Gasteiger partial charge in [0.25, 0.3) is 0 Å². The van der Waals surface area contributed by atoms with Gasteiger partial charge in [-0.25, -0.2) is 9.79 Å². The molecule has 1 fully saturated rings. The number of rotatable bonds is 6. The summed E-state index contributed by atoms with van der Waals surface area (Å²) in [6, 6.07) is 0. The Kier molecular flexibility index (Phi) is 6.43. The average molecular weight is 349 g/mol. The van der Waals surface area contributed by atoms with Gasteiger partial charge in [-0.1, -0.05) is 13.8 Å². The topological polar surface area (TPSA) is 72.8 Å². The van der Waals surface area contributed by atoms with Gasteiger partial charge in [-0.05, 0) is 36.6 Å². The summed E-state index contributed by atoms with van der Waals surface area (Å²) in [7, 11) is 0. The second-order valence-electron chi connectivity index (χ2n) is 6.30. The first-order chi connectivity index (χ1) is 11.4. The lowest BCUT2D eigenvalue weighted by molar-refractivity contribution is -0.132. The molecule has 1 aliphatic rings. The molecule has 130 valence electrons. The minimum Gasteiger partial charge on any atom is -0.462 e. The predicted molar refractivity (Wildman–Crippen MR) is 94.3 cm³/mol. The van der Waals surface area contributed by atoms with Gasteiger partial charge in [-0.2, -0.15) is 0 Å². The maximum absolute atomic E-state index is 12.3. The summed E-state index contributed by atoms with van der Waals surface area (Å²) >= 11 is 1.34. The van der Waals surface area contributed by atoms with E-state index in [9.17, 15) is 14.4 Å². The van der Waals surface area contributed by atoms with Crippen LogP contribution in [0.15, 0.2) is 10.4 Å². The Labute approximate surface area is 146 Å². The van der Waals surface area contributed by atoms with E-state index >= 15 is 0 Å². The molecule has 0 N–H and O–H groups in total. The van der Waals surface area contributed by atoms with Crippen LogP contribution in [-0.4, -0.2) is 30.4 Å². The van der Waals surface area contributed by atoms with Gasteiger partial charge in [0.1, 0.15) is 22.5 Å². The second kappa shape index (κ2) is 8.33. The molecule has 6 heteroatoms. The van der Waals surface area contributed by atoms with Gasteiger partial charge in [0.05, 0.1) is 12.2 Å². The third kappa shape index (κ3) is 4.38. The van der Waals surface area contributed by atoms with E-state index in [1.54, 1.807) is 6.92 Å². The van der Waals surface area contributed by atoms with E-state index in [-0.39, 0.29) is 11.6 Å². The zero-order valence-corrected chi connectivity index (χ0v) is 15.1. The van der Waals surface area contributed by atoms with Gasteiger partial charge >= 0.3 is 5.97 Å². The smallest absolute Gasteiger partial charge is 0.341 e.